The molecule has 0 saturated carbocycles. The van der Waals surface area contributed by atoms with Gasteiger partial charge in [-0.3, -0.25) is 0 Å². The van der Waals surface area contributed by atoms with Gasteiger partial charge in [0.15, 0.2) is 0 Å². The normalized spacial score (nSPS) is 10.3. The van der Waals surface area contributed by atoms with E-state index in [1.54, 1.807) is 12.1 Å². The van der Waals surface area contributed by atoms with E-state index in [0.29, 0.717) is 5.56 Å². The number of hydrogen-bond donors (Lipinski definition) is 1. The minimum atomic E-state index is 0.0212. The molecule has 0 saturated heterocycles. The first-order valence-corrected chi connectivity index (χ1v) is 6.01. The molecule has 0 fully saturated rings. The van der Waals surface area contributed by atoms with Crippen LogP contribution in [0, 0.1) is 11.3 Å². The van der Waals surface area contributed by atoms with Crippen LogP contribution in [0.2, 0.25) is 0 Å². The quantitative estimate of drug-likeness (QED) is 0.701. The molecule has 3 aromatic rings. The Morgan fingerprint density at radius 2 is 1.68 bits per heavy atom. The molecule has 3 rings (SSSR count). The van der Waals surface area contributed by atoms with Crippen molar-refractivity contribution in [1.29, 1.82) is 5.26 Å². The second kappa shape index (κ2) is 4.47. The summed E-state index contributed by atoms with van der Waals surface area (Å²) in [7, 11) is 0. The fourth-order valence-electron chi connectivity index (χ4n) is 2.27. The van der Waals surface area contributed by atoms with Crippen molar-refractivity contribution in [2.75, 3.05) is 0 Å². The van der Waals surface area contributed by atoms with Crippen LogP contribution < -0.4 is 0 Å². The van der Waals surface area contributed by atoms with E-state index in [-0.39, 0.29) is 5.75 Å². The van der Waals surface area contributed by atoms with Crippen LogP contribution in [-0.4, -0.2) is 5.11 Å². The van der Waals surface area contributed by atoms with Crippen molar-refractivity contribution in [3.8, 4) is 22.9 Å². The summed E-state index contributed by atoms with van der Waals surface area (Å²) in [5.41, 5.74) is 2.26. The van der Waals surface area contributed by atoms with E-state index in [1.807, 2.05) is 36.4 Å². The van der Waals surface area contributed by atoms with Crippen molar-refractivity contribution in [1.82, 2.24) is 0 Å². The van der Waals surface area contributed by atoms with Crippen molar-refractivity contribution >= 4 is 10.8 Å². The van der Waals surface area contributed by atoms with Crippen molar-refractivity contribution < 1.29 is 5.11 Å². The summed E-state index contributed by atoms with van der Waals surface area (Å²) in [6.07, 6.45) is 0. The standard InChI is InChI=1S/C17H11NO/c18-11-14-9-8-13(10-17(14)19)16-7-3-5-12-4-1-2-6-15(12)16/h1-10,19H. The molecule has 3 aromatic carbocycles. The maximum absolute atomic E-state index is 9.80. The van der Waals surface area contributed by atoms with Crippen molar-refractivity contribution in [3.63, 3.8) is 0 Å². The van der Waals surface area contributed by atoms with Gasteiger partial charge in [-0.2, -0.15) is 5.26 Å². The number of benzene rings is 3. The van der Waals surface area contributed by atoms with Crippen molar-refractivity contribution in [3.05, 3.63) is 66.2 Å². The summed E-state index contributed by atoms with van der Waals surface area (Å²) >= 11 is 0. The molecule has 0 unspecified atom stereocenters. The van der Waals surface area contributed by atoms with E-state index in [9.17, 15) is 5.11 Å². The smallest absolute Gasteiger partial charge is 0.133 e. The molecule has 0 aliphatic heterocycles. The summed E-state index contributed by atoms with van der Waals surface area (Å²) < 4.78 is 0. The molecular formula is C17H11NO. The molecule has 2 nitrogen and oxygen atoms in total. The molecule has 0 bridgehead atoms. The van der Waals surface area contributed by atoms with Crippen LogP contribution >= 0.6 is 0 Å². The maximum Gasteiger partial charge on any atom is 0.133 e. The van der Waals surface area contributed by atoms with Gasteiger partial charge in [-0.05, 0) is 34.0 Å². The molecule has 0 spiro atoms. The average molecular weight is 245 g/mol. The molecule has 0 radical (unpaired) electrons. The monoisotopic (exact) mass is 245 g/mol. The Labute approximate surface area is 111 Å². The second-order valence-electron chi connectivity index (χ2n) is 4.37. The third kappa shape index (κ3) is 1.92. The molecule has 19 heavy (non-hydrogen) atoms. The summed E-state index contributed by atoms with van der Waals surface area (Å²) in [4.78, 5) is 0. The van der Waals surface area contributed by atoms with Gasteiger partial charge in [-0.1, -0.05) is 48.5 Å². The van der Waals surface area contributed by atoms with Gasteiger partial charge in [0.2, 0.25) is 0 Å². The van der Waals surface area contributed by atoms with E-state index in [4.69, 9.17) is 5.26 Å². The molecule has 0 atom stereocenters. The van der Waals surface area contributed by atoms with Gasteiger partial charge < -0.3 is 5.11 Å². The number of fused-ring (bicyclic) bond motifs is 1. The fraction of sp³-hybridized carbons (Fsp3) is 0. The highest BCUT2D eigenvalue weighted by Gasteiger charge is 2.06. The molecular weight excluding hydrogens is 234 g/mol. The zero-order valence-electron chi connectivity index (χ0n) is 10.2. The Bertz CT molecular complexity index is 794. The lowest BCUT2D eigenvalue weighted by Crippen LogP contribution is -1.83. The highest BCUT2D eigenvalue weighted by Crippen LogP contribution is 2.31. The van der Waals surface area contributed by atoms with Gasteiger partial charge >= 0.3 is 0 Å². The van der Waals surface area contributed by atoms with E-state index in [2.05, 4.69) is 18.2 Å². The highest BCUT2D eigenvalue weighted by molar-refractivity contribution is 5.96. The number of hydrogen-bond acceptors (Lipinski definition) is 2. The van der Waals surface area contributed by atoms with E-state index >= 15 is 0 Å². The van der Waals surface area contributed by atoms with Crippen LogP contribution in [0.5, 0.6) is 5.75 Å². The largest absolute Gasteiger partial charge is 0.507 e. The first-order chi connectivity index (χ1) is 9.29. The average Bonchev–Trinajstić information content (AvgIpc) is 2.46. The lowest BCUT2D eigenvalue weighted by atomic mass is 9.97. The second-order valence-corrected chi connectivity index (χ2v) is 4.37. The zero-order chi connectivity index (χ0) is 13.2. The van der Waals surface area contributed by atoms with Gasteiger partial charge in [0.1, 0.15) is 11.8 Å². The van der Waals surface area contributed by atoms with Crippen LogP contribution in [-0.2, 0) is 0 Å². The zero-order valence-corrected chi connectivity index (χ0v) is 10.2. The van der Waals surface area contributed by atoms with Gasteiger partial charge in [0.05, 0.1) is 5.56 Å². The Morgan fingerprint density at radius 3 is 2.47 bits per heavy atom. The summed E-state index contributed by atoms with van der Waals surface area (Å²) in [5.74, 6) is 0.0212. The van der Waals surface area contributed by atoms with Crippen LogP contribution in [0.1, 0.15) is 5.56 Å². The molecule has 0 aliphatic carbocycles. The topological polar surface area (TPSA) is 44.0 Å². The highest BCUT2D eigenvalue weighted by atomic mass is 16.3. The van der Waals surface area contributed by atoms with E-state index in [1.165, 1.54) is 0 Å². The van der Waals surface area contributed by atoms with Gasteiger partial charge in [0, 0.05) is 0 Å². The SMILES string of the molecule is N#Cc1ccc(-c2cccc3ccccc23)cc1O. The lowest BCUT2D eigenvalue weighted by molar-refractivity contribution is 0.474. The van der Waals surface area contributed by atoms with E-state index < -0.39 is 0 Å². The number of phenols is 1. The van der Waals surface area contributed by atoms with Crippen LogP contribution in [0.3, 0.4) is 0 Å². The summed E-state index contributed by atoms with van der Waals surface area (Å²) in [6, 6.07) is 21.3. The van der Waals surface area contributed by atoms with Crippen LogP contribution in [0.15, 0.2) is 60.7 Å². The number of phenolic OH excluding ortho intramolecular Hbond substituents is 1. The predicted molar refractivity (Wildman–Crippen MR) is 75.8 cm³/mol. The molecule has 1 N–H and O–H groups in total. The van der Waals surface area contributed by atoms with E-state index in [0.717, 1.165) is 21.9 Å². The number of aromatic hydroxyl groups is 1. The number of nitriles is 1. The molecule has 0 aromatic heterocycles. The third-order valence-electron chi connectivity index (χ3n) is 3.22. The molecule has 0 amide bonds. The van der Waals surface area contributed by atoms with Crippen molar-refractivity contribution in [2.45, 2.75) is 0 Å². The first-order valence-electron chi connectivity index (χ1n) is 6.01. The Morgan fingerprint density at radius 1 is 0.895 bits per heavy atom. The molecule has 0 aliphatic rings. The predicted octanol–water partition coefficient (Wildman–Crippen LogP) is 4.08. The third-order valence-corrected chi connectivity index (χ3v) is 3.22. The Balaban J connectivity index is 2.25. The summed E-state index contributed by atoms with van der Waals surface area (Å²) in [6.45, 7) is 0. The molecule has 2 heteroatoms. The van der Waals surface area contributed by atoms with Crippen LogP contribution in [0.4, 0.5) is 0 Å². The number of nitrogens with zero attached hydrogens (tertiary/aromatic N) is 1. The lowest BCUT2D eigenvalue weighted by Gasteiger charge is -2.07. The van der Waals surface area contributed by atoms with Gasteiger partial charge in [0.25, 0.3) is 0 Å². The molecule has 90 valence electrons. The van der Waals surface area contributed by atoms with Crippen molar-refractivity contribution in [2.24, 2.45) is 0 Å². The Kier molecular flexibility index (Phi) is 2.66. The maximum atomic E-state index is 9.80. The Hall–Kier alpha value is -2.79. The summed E-state index contributed by atoms with van der Waals surface area (Å²) in [5, 5.41) is 20.9. The van der Waals surface area contributed by atoms with Gasteiger partial charge in [-0.15, -0.1) is 0 Å². The minimum absolute atomic E-state index is 0.0212. The molecule has 0 heterocycles. The van der Waals surface area contributed by atoms with Crippen LogP contribution in [0.25, 0.3) is 21.9 Å². The minimum Gasteiger partial charge on any atom is -0.507 e. The van der Waals surface area contributed by atoms with Gasteiger partial charge in [-0.25, -0.2) is 0 Å². The fourth-order valence-corrected chi connectivity index (χ4v) is 2.27. The number of rotatable bonds is 1. The first kappa shape index (κ1) is 11.3.